The van der Waals surface area contributed by atoms with Crippen molar-refractivity contribution in [2.24, 2.45) is 0 Å². The quantitative estimate of drug-likeness (QED) is 0.317. The average molecular weight is 142 g/mol. The van der Waals surface area contributed by atoms with Crippen LogP contribution in [-0.4, -0.2) is 31.3 Å². The molecule has 8 heavy (non-hydrogen) atoms. The van der Waals surface area contributed by atoms with Gasteiger partial charge in [-0.1, -0.05) is 0 Å². The summed E-state index contributed by atoms with van der Waals surface area (Å²) in [6.07, 6.45) is 0.431. The van der Waals surface area contributed by atoms with Gasteiger partial charge in [0.1, 0.15) is 6.29 Å². The number of aliphatic hydroxyl groups excluding tert-OH is 1. The zero-order valence-electron chi connectivity index (χ0n) is 3.85. The maximum Gasteiger partial charge on any atom is 0.299 e. The van der Waals surface area contributed by atoms with Crippen LogP contribution in [0.3, 0.4) is 0 Å². The van der Waals surface area contributed by atoms with Gasteiger partial charge in [-0.05, 0) is 0 Å². The van der Waals surface area contributed by atoms with Gasteiger partial charge in [0.05, 0.1) is 6.61 Å². The second-order valence-electron chi connectivity index (χ2n) is 0.580. The van der Waals surface area contributed by atoms with E-state index in [2.05, 4.69) is 0 Å². The standard InChI is InChI=1S/C2H4O2.H2O3S/c3-1-2-4;1-4(2)3/h1,4H,2H2;(H2,1,2,3). The molecule has 5 nitrogen and oxygen atoms in total. The average Bonchev–Trinajstić information content (AvgIpc) is 1.65. The summed E-state index contributed by atoms with van der Waals surface area (Å²) in [5, 5.41) is 7.51. The molecule has 0 aliphatic rings. The molecule has 0 aliphatic heterocycles. The monoisotopic (exact) mass is 142 g/mol. The number of rotatable bonds is 1. The molecule has 0 spiro atoms. The summed E-state index contributed by atoms with van der Waals surface area (Å²) >= 11 is -2.61. The second kappa shape index (κ2) is 9.85. The summed E-state index contributed by atoms with van der Waals surface area (Å²) in [5.41, 5.74) is 0. The Morgan fingerprint density at radius 2 is 1.62 bits per heavy atom. The van der Waals surface area contributed by atoms with E-state index < -0.39 is 11.4 Å². The van der Waals surface area contributed by atoms with Crippen molar-refractivity contribution in [3.05, 3.63) is 0 Å². The maximum atomic E-state index is 8.92. The molecule has 0 aromatic carbocycles. The van der Waals surface area contributed by atoms with Crippen LogP contribution in [0.25, 0.3) is 0 Å². The topological polar surface area (TPSA) is 94.8 Å². The Kier molecular flexibility index (Phi) is 13.1. The number of carbonyl (C=O) groups is 1. The van der Waals surface area contributed by atoms with Crippen LogP contribution in [0.2, 0.25) is 0 Å². The summed E-state index contributed by atoms with van der Waals surface area (Å²) in [6.45, 7) is -0.361. The summed E-state index contributed by atoms with van der Waals surface area (Å²) in [4.78, 5) is 8.92. The Hall–Kier alpha value is -0.300. The molecule has 0 saturated heterocycles. The van der Waals surface area contributed by atoms with Crippen molar-refractivity contribution in [1.29, 1.82) is 0 Å². The van der Waals surface area contributed by atoms with E-state index in [0.29, 0.717) is 6.29 Å². The fraction of sp³-hybridized carbons (Fsp3) is 0.500. The molecule has 0 aromatic rings. The lowest BCUT2D eigenvalue weighted by Gasteiger charge is -1.59. The molecule has 0 fully saturated rings. The van der Waals surface area contributed by atoms with Crippen LogP contribution in [0.1, 0.15) is 0 Å². The van der Waals surface area contributed by atoms with Crippen molar-refractivity contribution in [3.63, 3.8) is 0 Å². The minimum atomic E-state index is -2.61. The minimum absolute atomic E-state index is 0.361. The fourth-order valence-electron chi connectivity index (χ4n) is 0. The molecule has 50 valence electrons. The van der Waals surface area contributed by atoms with Crippen LogP contribution in [0.4, 0.5) is 0 Å². The lowest BCUT2D eigenvalue weighted by atomic mass is 10.9. The van der Waals surface area contributed by atoms with Gasteiger partial charge in [-0.2, -0.15) is 4.21 Å². The van der Waals surface area contributed by atoms with Crippen LogP contribution in [0.15, 0.2) is 0 Å². The summed E-state index contributed by atoms with van der Waals surface area (Å²) in [7, 11) is 0. The first-order valence-corrected chi connectivity index (χ1v) is 2.56. The SMILES string of the molecule is O=CCO.O=S(O)O. The van der Waals surface area contributed by atoms with Crippen molar-refractivity contribution in [2.75, 3.05) is 6.61 Å². The highest BCUT2D eigenvalue weighted by Crippen LogP contribution is 1.44. The lowest BCUT2D eigenvalue weighted by molar-refractivity contribution is -0.110. The van der Waals surface area contributed by atoms with E-state index in [4.69, 9.17) is 23.2 Å². The Labute approximate surface area is 48.4 Å². The number of aldehydes is 1. The van der Waals surface area contributed by atoms with Gasteiger partial charge in [-0.3, -0.25) is 9.11 Å². The maximum absolute atomic E-state index is 8.92. The Balaban J connectivity index is 0. The lowest BCUT2D eigenvalue weighted by Crippen LogP contribution is -1.75. The first kappa shape index (κ1) is 10.6. The molecule has 0 bridgehead atoms. The predicted molar refractivity (Wildman–Crippen MR) is 26.5 cm³/mol. The third kappa shape index (κ3) is 257. The highest BCUT2D eigenvalue weighted by atomic mass is 32.2. The van der Waals surface area contributed by atoms with Crippen molar-refractivity contribution < 1.29 is 23.2 Å². The van der Waals surface area contributed by atoms with Crippen molar-refractivity contribution >= 4 is 17.6 Å². The van der Waals surface area contributed by atoms with Gasteiger partial charge in [0.15, 0.2) is 0 Å². The molecule has 0 rings (SSSR count). The third-order valence-electron chi connectivity index (χ3n) is 0.0745. The van der Waals surface area contributed by atoms with Gasteiger partial charge >= 0.3 is 0 Å². The summed E-state index contributed by atoms with van der Waals surface area (Å²) in [6, 6.07) is 0. The van der Waals surface area contributed by atoms with Gasteiger partial charge < -0.3 is 9.90 Å². The highest BCUT2D eigenvalue weighted by Gasteiger charge is 1.62. The van der Waals surface area contributed by atoms with Gasteiger partial charge in [0.25, 0.3) is 11.4 Å². The van der Waals surface area contributed by atoms with Crippen LogP contribution in [0, 0.1) is 0 Å². The number of hydrogen-bond donors (Lipinski definition) is 3. The normalized spacial score (nSPS) is 7.50. The van der Waals surface area contributed by atoms with Crippen LogP contribution >= 0.6 is 0 Å². The van der Waals surface area contributed by atoms with Crippen LogP contribution in [0.5, 0.6) is 0 Å². The van der Waals surface area contributed by atoms with Gasteiger partial charge in [-0.25, -0.2) is 0 Å². The Bertz CT molecular complexity index is 66.8. The summed E-state index contributed by atoms with van der Waals surface area (Å²) < 4.78 is 22.8. The number of carbonyl (C=O) groups excluding carboxylic acids is 1. The Morgan fingerprint density at radius 1 is 1.50 bits per heavy atom. The molecule has 3 N–H and O–H groups in total. The zero-order chi connectivity index (χ0) is 6.99. The van der Waals surface area contributed by atoms with Crippen LogP contribution in [-0.2, 0) is 16.2 Å². The van der Waals surface area contributed by atoms with Gasteiger partial charge in [0, 0.05) is 0 Å². The third-order valence-corrected chi connectivity index (χ3v) is 0.0745. The first-order chi connectivity index (χ1) is 3.65. The second-order valence-corrected chi connectivity index (χ2v) is 1.04. The molecule has 0 amide bonds. The molecule has 0 atom stereocenters. The molecule has 0 aliphatic carbocycles. The predicted octanol–water partition coefficient (Wildman–Crippen LogP) is -1.14. The van der Waals surface area contributed by atoms with E-state index in [0.717, 1.165) is 0 Å². The molecule has 0 radical (unpaired) electrons. The molecular weight excluding hydrogens is 136 g/mol. The van der Waals surface area contributed by atoms with Gasteiger partial charge in [-0.15, -0.1) is 0 Å². The molecule has 0 heterocycles. The molecule has 0 aromatic heterocycles. The summed E-state index contributed by atoms with van der Waals surface area (Å²) in [5.74, 6) is 0. The van der Waals surface area contributed by atoms with Gasteiger partial charge in [0.2, 0.25) is 0 Å². The minimum Gasteiger partial charge on any atom is -0.389 e. The number of hydrogen-bond acceptors (Lipinski definition) is 3. The molecular formula is C2H6O5S. The van der Waals surface area contributed by atoms with E-state index in [1.165, 1.54) is 0 Å². The van der Waals surface area contributed by atoms with E-state index in [1.807, 2.05) is 0 Å². The number of aliphatic hydroxyl groups is 1. The largest absolute Gasteiger partial charge is 0.389 e. The van der Waals surface area contributed by atoms with E-state index >= 15 is 0 Å². The van der Waals surface area contributed by atoms with Crippen molar-refractivity contribution in [1.82, 2.24) is 0 Å². The smallest absolute Gasteiger partial charge is 0.299 e. The molecule has 6 heteroatoms. The molecule has 0 saturated carbocycles. The fourth-order valence-corrected chi connectivity index (χ4v) is 0. The first-order valence-electron chi connectivity index (χ1n) is 1.49. The zero-order valence-corrected chi connectivity index (χ0v) is 4.67. The van der Waals surface area contributed by atoms with E-state index in [1.54, 1.807) is 0 Å². The Morgan fingerprint density at radius 3 is 1.62 bits per heavy atom. The van der Waals surface area contributed by atoms with Crippen molar-refractivity contribution in [2.45, 2.75) is 0 Å². The highest BCUT2D eigenvalue weighted by molar-refractivity contribution is 7.73. The molecule has 0 unspecified atom stereocenters. The van der Waals surface area contributed by atoms with Crippen molar-refractivity contribution in [3.8, 4) is 0 Å². The van der Waals surface area contributed by atoms with Crippen LogP contribution < -0.4 is 0 Å². The van der Waals surface area contributed by atoms with E-state index in [-0.39, 0.29) is 6.61 Å². The van der Waals surface area contributed by atoms with E-state index in [9.17, 15) is 0 Å².